The van der Waals surface area contributed by atoms with Crippen molar-refractivity contribution in [3.05, 3.63) is 29.6 Å². The van der Waals surface area contributed by atoms with E-state index in [1.165, 1.54) is 12.1 Å². The van der Waals surface area contributed by atoms with Crippen LogP contribution in [0.15, 0.2) is 23.1 Å². The number of hydrogen-bond acceptors (Lipinski definition) is 3. The lowest BCUT2D eigenvalue weighted by Gasteiger charge is -2.09. The van der Waals surface area contributed by atoms with Crippen molar-refractivity contribution < 1.29 is 12.8 Å². The number of nitrogens with one attached hydrogen (secondary N) is 2. The molecule has 0 amide bonds. The SMILES string of the molecule is CCCCNS(=O)(=O)c1cc(CNCC)ccc1F. The highest BCUT2D eigenvalue weighted by Crippen LogP contribution is 2.16. The van der Waals surface area contributed by atoms with Crippen molar-refractivity contribution in [2.75, 3.05) is 13.1 Å². The Kier molecular flexibility index (Phi) is 6.41. The van der Waals surface area contributed by atoms with Crippen molar-refractivity contribution in [1.82, 2.24) is 10.0 Å². The minimum absolute atomic E-state index is 0.279. The molecule has 0 spiro atoms. The van der Waals surface area contributed by atoms with Crippen molar-refractivity contribution in [1.29, 1.82) is 0 Å². The molecule has 19 heavy (non-hydrogen) atoms. The molecule has 0 atom stereocenters. The largest absolute Gasteiger partial charge is 0.313 e. The van der Waals surface area contributed by atoms with E-state index in [1.54, 1.807) is 6.07 Å². The lowest BCUT2D eigenvalue weighted by Crippen LogP contribution is -2.26. The van der Waals surface area contributed by atoms with E-state index in [1.807, 2.05) is 13.8 Å². The van der Waals surface area contributed by atoms with Gasteiger partial charge >= 0.3 is 0 Å². The second-order valence-corrected chi connectivity index (χ2v) is 6.03. The van der Waals surface area contributed by atoms with E-state index < -0.39 is 15.8 Å². The minimum atomic E-state index is -3.76. The topological polar surface area (TPSA) is 58.2 Å². The van der Waals surface area contributed by atoms with Gasteiger partial charge in [0.15, 0.2) is 0 Å². The monoisotopic (exact) mass is 288 g/mol. The molecule has 0 aliphatic carbocycles. The lowest BCUT2D eigenvalue weighted by molar-refractivity contribution is 0.554. The van der Waals surface area contributed by atoms with Gasteiger partial charge in [-0.2, -0.15) is 0 Å². The van der Waals surface area contributed by atoms with Crippen molar-refractivity contribution in [2.45, 2.75) is 38.1 Å². The van der Waals surface area contributed by atoms with Gasteiger partial charge in [-0.3, -0.25) is 0 Å². The summed E-state index contributed by atoms with van der Waals surface area (Å²) in [6, 6.07) is 4.16. The molecule has 0 aromatic heterocycles. The number of rotatable bonds is 8. The first-order chi connectivity index (χ1) is 9.01. The number of hydrogen-bond donors (Lipinski definition) is 2. The van der Waals surface area contributed by atoms with Crippen LogP contribution in [0.5, 0.6) is 0 Å². The number of halogens is 1. The average molecular weight is 288 g/mol. The molecule has 0 saturated heterocycles. The van der Waals surface area contributed by atoms with Gasteiger partial charge < -0.3 is 5.32 Å². The molecule has 0 aliphatic heterocycles. The van der Waals surface area contributed by atoms with E-state index in [0.29, 0.717) is 13.1 Å². The maximum absolute atomic E-state index is 13.7. The Bertz CT molecular complexity index is 503. The van der Waals surface area contributed by atoms with Crippen molar-refractivity contribution in [3.8, 4) is 0 Å². The molecule has 0 fully saturated rings. The molecule has 0 bridgehead atoms. The summed E-state index contributed by atoms with van der Waals surface area (Å²) in [5.74, 6) is -0.718. The summed E-state index contributed by atoms with van der Waals surface area (Å²) < 4.78 is 40.0. The smallest absolute Gasteiger partial charge is 0.243 e. The number of benzene rings is 1. The Morgan fingerprint density at radius 3 is 2.63 bits per heavy atom. The molecule has 0 radical (unpaired) electrons. The van der Waals surface area contributed by atoms with Crippen LogP contribution in [-0.4, -0.2) is 21.5 Å². The van der Waals surface area contributed by atoms with E-state index >= 15 is 0 Å². The van der Waals surface area contributed by atoms with Crippen molar-refractivity contribution in [2.24, 2.45) is 0 Å². The Balaban J connectivity index is 2.91. The molecule has 1 aromatic carbocycles. The summed E-state index contributed by atoms with van der Waals surface area (Å²) in [7, 11) is -3.76. The summed E-state index contributed by atoms with van der Waals surface area (Å²) in [6.07, 6.45) is 1.61. The Labute approximate surface area is 114 Å². The highest BCUT2D eigenvalue weighted by atomic mass is 32.2. The predicted molar refractivity (Wildman–Crippen MR) is 73.9 cm³/mol. The van der Waals surface area contributed by atoms with Crippen molar-refractivity contribution >= 4 is 10.0 Å². The van der Waals surface area contributed by atoms with Gasteiger partial charge in [0.2, 0.25) is 10.0 Å². The third kappa shape index (κ3) is 4.89. The predicted octanol–water partition coefficient (Wildman–Crippen LogP) is 2.01. The number of sulfonamides is 1. The zero-order valence-corrected chi connectivity index (χ0v) is 12.2. The highest BCUT2D eigenvalue weighted by Gasteiger charge is 2.18. The molecular weight excluding hydrogens is 267 g/mol. The van der Waals surface area contributed by atoms with Gasteiger partial charge in [0, 0.05) is 13.1 Å². The summed E-state index contributed by atoms with van der Waals surface area (Å²) >= 11 is 0. The zero-order valence-electron chi connectivity index (χ0n) is 11.4. The molecule has 1 rings (SSSR count). The fraction of sp³-hybridized carbons (Fsp3) is 0.538. The van der Waals surface area contributed by atoms with Gasteiger partial charge in [-0.25, -0.2) is 17.5 Å². The maximum atomic E-state index is 13.7. The summed E-state index contributed by atoms with van der Waals surface area (Å²) in [5.41, 5.74) is 0.749. The third-order valence-corrected chi connectivity index (χ3v) is 4.16. The molecule has 4 nitrogen and oxygen atoms in total. The molecule has 6 heteroatoms. The summed E-state index contributed by atoms with van der Waals surface area (Å²) in [4.78, 5) is -0.279. The molecule has 0 heterocycles. The van der Waals surface area contributed by atoms with Crippen LogP contribution in [0, 0.1) is 5.82 Å². The molecular formula is C13H21FN2O2S. The second-order valence-electron chi connectivity index (χ2n) is 4.30. The highest BCUT2D eigenvalue weighted by molar-refractivity contribution is 7.89. The van der Waals surface area contributed by atoms with Gasteiger partial charge in [0.1, 0.15) is 10.7 Å². The number of unbranched alkanes of at least 4 members (excludes halogenated alkanes) is 1. The molecule has 0 saturated carbocycles. The van der Waals surface area contributed by atoms with Crippen LogP contribution in [0.2, 0.25) is 0 Å². The quantitative estimate of drug-likeness (QED) is 0.720. The van der Waals surface area contributed by atoms with Gasteiger partial charge in [-0.05, 0) is 30.7 Å². The van der Waals surface area contributed by atoms with Gasteiger partial charge in [0.25, 0.3) is 0 Å². The maximum Gasteiger partial charge on any atom is 0.243 e. The zero-order chi connectivity index (χ0) is 14.3. The first kappa shape index (κ1) is 16.1. The Morgan fingerprint density at radius 1 is 1.26 bits per heavy atom. The van der Waals surface area contributed by atoms with E-state index in [4.69, 9.17) is 0 Å². The first-order valence-corrected chi connectivity index (χ1v) is 7.98. The molecule has 108 valence electrons. The third-order valence-electron chi connectivity index (χ3n) is 2.69. The van der Waals surface area contributed by atoms with Crippen LogP contribution in [0.25, 0.3) is 0 Å². The van der Waals surface area contributed by atoms with Crippen LogP contribution < -0.4 is 10.0 Å². The van der Waals surface area contributed by atoms with Gasteiger partial charge in [-0.1, -0.05) is 26.3 Å². The average Bonchev–Trinajstić information content (AvgIpc) is 2.37. The molecule has 1 aromatic rings. The standard InChI is InChI=1S/C13H21FN2O2S/c1-3-5-8-16-19(17,18)13-9-11(10-15-4-2)6-7-12(13)14/h6-7,9,15-16H,3-5,8,10H2,1-2H3. The molecule has 0 aliphatic rings. The van der Waals surface area contributed by atoms with Gasteiger partial charge in [0.05, 0.1) is 0 Å². The van der Waals surface area contributed by atoms with Crippen LogP contribution in [0.4, 0.5) is 4.39 Å². The normalized spacial score (nSPS) is 11.7. The van der Waals surface area contributed by atoms with Gasteiger partial charge in [-0.15, -0.1) is 0 Å². The second kappa shape index (κ2) is 7.57. The van der Waals surface area contributed by atoms with E-state index in [9.17, 15) is 12.8 Å². The fourth-order valence-corrected chi connectivity index (χ4v) is 2.79. The first-order valence-electron chi connectivity index (χ1n) is 6.50. The van der Waals surface area contributed by atoms with E-state index in [2.05, 4.69) is 10.0 Å². The van der Waals surface area contributed by atoms with Crippen LogP contribution in [0.1, 0.15) is 32.3 Å². The minimum Gasteiger partial charge on any atom is -0.313 e. The van der Waals surface area contributed by atoms with Crippen molar-refractivity contribution in [3.63, 3.8) is 0 Å². The van der Waals surface area contributed by atoms with Crippen LogP contribution >= 0.6 is 0 Å². The summed E-state index contributed by atoms with van der Waals surface area (Å²) in [6.45, 7) is 5.54. The summed E-state index contributed by atoms with van der Waals surface area (Å²) in [5, 5.41) is 3.08. The molecule has 0 unspecified atom stereocenters. The fourth-order valence-electron chi connectivity index (χ4n) is 1.59. The van der Waals surface area contributed by atoms with E-state index in [-0.39, 0.29) is 4.90 Å². The molecule has 2 N–H and O–H groups in total. The van der Waals surface area contributed by atoms with Crippen LogP contribution in [0.3, 0.4) is 0 Å². The Hall–Kier alpha value is -0.980. The van der Waals surface area contributed by atoms with E-state index in [0.717, 1.165) is 24.9 Å². The lowest BCUT2D eigenvalue weighted by atomic mass is 10.2. The Morgan fingerprint density at radius 2 is 2.00 bits per heavy atom. The van der Waals surface area contributed by atoms with Crippen LogP contribution in [-0.2, 0) is 16.6 Å².